The Morgan fingerprint density at radius 1 is 1.27 bits per heavy atom. The maximum Gasteiger partial charge on any atom is 0.271 e. The minimum Gasteiger partial charge on any atom is -0.324 e. The van der Waals surface area contributed by atoms with Crippen molar-refractivity contribution in [3.63, 3.8) is 0 Å². The highest BCUT2D eigenvalue weighted by molar-refractivity contribution is 6.34. The van der Waals surface area contributed by atoms with E-state index in [2.05, 4.69) is 5.32 Å². The summed E-state index contributed by atoms with van der Waals surface area (Å²) in [7, 11) is 1.66. The van der Waals surface area contributed by atoms with Crippen LogP contribution >= 0.6 is 11.6 Å². The lowest BCUT2D eigenvalue weighted by atomic mass is 10.1. The summed E-state index contributed by atoms with van der Waals surface area (Å²) in [4.78, 5) is 23.9. The number of anilines is 1. The maximum atomic E-state index is 13.4. The number of carbonyl (C=O) groups excluding carboxylic acids is 1. The normalized spacial score (nSPS) is 12.1. The first-order valence-corrected chi connectivity index (χ1v) is 7.96. The zero-order chi connectivity index (χ0) is 19.4. The highest BCUT2D eigenvalue weighted by atomic mass is 35.5. The van der Waals surface area contributed by atoms with Gasteiger partial charge in [-0.15, -0.1) is 0 Å². The van der Waals surface area contributed by atoms with E-state index in [4.69, 9.17) is 11.6 Å². The number of rotatable bonds is 6. The molecule has 1 amide bonds. The number of nitro groups is 1. The molecule has 0 heterocycles. The van der Waals surface area contributed by atoms with Gasteiger partial charge in [-0.3, -0.25) is 19.8 Å². The monoisotopic (exact) mass is 383 g/mol. The van der Waals surface area contributed by atoms with Gasteiger partial charge in [0.2, 0.25) is 5.91 Å². The van der Waals surface area contributed by atoms with Gasteiger partial charge in [0.15, 0.2) is 11.6 Å². The van der Waals surface area contributed by atoms with Gasteiger partial charge < -0.3 is 5.32 Å². The molecule has 0 aliphatic carbocycles. The third-order valence-electron chi connectivity index (χ3n) is 3.92. The fourth-order valence-electron chi connectivity index (χ4n) is 2.30. The average Bonchev–Trinajstić information content (AvgIpc) is 2.58. The second-order valence-corrected chi connectivity index (χ2v) is 6.14. The molecule has 0 aliphatic heterocycles. The lowest BCUT2D eigenvalue weighted by molar-refractivity contribution is -0.384. The fraction of sp³-hybridized carbons (Fsp3) is 0.235. The smallest absolute Gasteiger partial charge is 0.271 e. The number of nitrogens with one attached hydrogen (secondary N) is 1. The van der Waals surface area contributed by atoms with Crippen molar-refractivity contribution in [1.29, 1.82) is 0 Å². The van der Waals surface area contributed by atoms with Gasteiger partial charge in [-0.1, -0.05) is 17.7 Å². The zero-order valence-corrected chi connectivity index (χ0v) is 14.8. The molecule has 0 fully saturated rings. The van der Waals surface area contributed by atoms with Gasteiger partial charge in [0.05, 0.1) is 22.2 Å². The highest BCUT2D eigenvalue weighted by Crippen LogP contribution is 2.27. The maximum absolute atomic E-state index is 13.4. The van der Waals surface area contributed by atoms with E-state index in [1.54, 1.807) is 18.9 Å². The standard InChI is InChI=1S/C17H16ClF2N3O3/c1-10(11-3-5-14(19)15(20)7-11)22(2)9-17(24)21-16-6-4-12(23(25)26)8-13(16)18/h3-8,10H,9H2,1-2H3,(H,21,24). The summed E-state index contributed by atoms with van der Waals surface area (Å²) in [5.74, 6) is -2.29. The number of non-ortho nitro benzene ring substituents is 1. The summed E-state index contributed by atoms with van der Waals surface area (Å²) in [5, 5.41) is 13.3. The number of hydrogen-bond acceptors (Lipinski definition) is 4. The first kappa shape index (κ1) is 19.7. The molecule has 1 unspecified atom stereocenters. The molecule has 2 rings (SSSR count). The lowest BCUT2D eigenvalue weighted by Crippen LogP contribution is -2.32. The summed E-state index contributed by atoms with van der Waals surface area (Å²) in [6.45, 7) is 1.70. The Morgan fingerprint density at radius 2 is 1.96 bits per heavy atom. The molecule has 2 aromatic carbocycles. The lowest BCUT2D eigenvalue weighted by Gasteiger charge is -2.24. The number of likely N-dealkylation sites (N-methyl/N-ethyl adjacent to an activating group) is 1. The van der Waals surface area contributed by atoms with Crippen LogP contribution in [0.2, 0.25) is 5.02 Å². The second-order valence-electron chi connectivity index (χ2n) is 5.73. The third kappa shape index (κ3) is 4.74. The molecule has 1 N–H and O–H groups in total. The van der Waals surface area contributed by atoms with E-state index in [0.717, 1.165) is 18.2 Å². The molecule has 26 heavy (non-hydrogen) atoms. The topological polar surface area (TPSA) is 75.5 Å². The van der Waals surface area contributed by atoms with Crippen molar-refractivity contribution in [3.8, 4) is 0 Å². The van der Waals surface area contributed by atoms with Crippen LogP contribution < -0.4 is 5.32 Å². The van der Waals surface area contributed by atoms with Gasteiger partial charge >= 0.3 is 0 Å². The zero-order valence-electron chi connectivity index (χ0n) is 14.0. The van der Waals surface area contributed by atoms with Crippen LogP contribution in [0.15, 0.2) is 36.4 Å². The third-order valence-corrected chi connectivity index (χ3v) is 4.23. The summed E-state index contributed by atoms with van der Waals surface area (Å²) >= 11 is 5.93. The minimum absolute atomic E-state index is 0.0452. The number of nitro benzene ring substituents is 1. The van der Waals surface area contributed by atoms with Gasteiger partial charge in [0, 0.05) is 18.2 Å². The second kappa shape index (κ2) is 8.20. The molecule has 0 aromatic heterocycles. The Hall–Kier alpha value is -2.58. The van der Waals surface area contributed by atoms with Crippen LogP contribution in [0.4, 0.5) is 20.2 Å². The number of nitrogens with zero attached hydrogens (tertiary/aromatic N) is 2. The molecule has 6 nitrogen and oxygen atoms in total. The Labute approximate surface area is 153 Å². The molecular weight excluding hydrogens is 368 g/mol. The average molecular weight is 384 g/mol. The molecule has 0 saturated carbocycles. The van der Waals surface area contributed by atoms with Crippen LogP contribution in [0, 0.1) is 21.7 Å². The van der Waals surface area contributed by atoms with Gasteiger partial charge in [0.1, 0.15) is 0 Å². The van der Waals surface area contributed by atoms with Crippen LogP contribution in [0.1, 0.15) is 18.5 Å². The van der Waals surface area contributed by atoms with Crippen molar-refractivity contribution in [2.75, 3.05) is 18.9 Å². The molecule has 0 saturated heterocycles. The molecule has 0 spiro atoms. The minimum atomic E-state index is -0.954. The van der Waals surface area contributed by atoms with E-state index in [1.165, 1.54) is 18.2 Å². The van der Waals surface area contributed by atoms with E-state index in [9.17, 15) is 23.7 Å². The Kier molecular flexibility index (Phi) is 6.23. The van der Waals surface area contributed by atoms with Crippen LogP contribution in [-0.2, 0) is 4.79 Å². The van der Waals surface area contributed by atoms with Gasteiger partial charge in [0.25, 0.3) is 5.69 Å². The van der Waals surface area contributed by atoms with E-state index in [0.29, 0.717) is 5.56 Å². The number of halogens is 3. The molecule has 0 aliphatic rings. The fourth-order valence-corrected chi connectivity index (χ4v) is 2.52. The molecular formula is C17H16ClF2N3O3. The number of benzene rings is 2. The molecule has 9 heteroatoms. The predicted molar refractivity (Wildman–Crippen MR) is 94.1 cm³/mol. The van der Waals surface area contributed by atoms with Gasteiger partial charge in [-0.05, 0) is 37.7 Å². The van der Waals surface area contributed by atoms with Gasteiger partial charge in [-0.25, -0.2) is 8.78 Å². The SMILES string of the molecule is CC(c1ccc(F)c(F)c1)N(C)CC(=O)Nc1ccc([N+](=O)[O-])cc1Cl. The summed E-state index contributed by atoms with van der Waals surface area (Å²) in [6.07, 6.45) is 0. The van der Waals surface area contributed by atoms with Crippen molar-refractivity contribution in [2.45, 2.75) is 13.0 Å². The Bertz CT molecular complexity index is 848. The number of amides is 1. The molecule has 138 valence electrons. The Morgan fingerprint density at radius 3 is 2.54 bits per heavy atom. The number of hydrogen-bond donors (Lipinski definition) is 1. The first-order valence-electron chi connectivity index (χ1n) is 7.58. The van der Waals surface area contributed by atoms with Crippen LogP contribution in [0.5, 0.6) is 0 Å². The van der Waals surface area contributed by atoms with E-state index < -0.39 is 22.5 Å². The molecule has 0 radical (unpaired) electrons. The van der Waals surface area contributed by atoms with E-state index in [1.807, 2.05) is 0 Å². The predicted octanol–water partition coefficient (Wildman–Crippen LogP) is 4.16. The van der Waals surface area contributed by atoms with Gasteiger partial charge in [-0.2, -0.15) is 0 Å². The summed E-state index contributed by atoms with van der Waals surface area (Å²) in [6, 6.07) is 6.94. The summed E-state index contributed by atoms with van der Waals surface area (Å²) < 4.78 is 26.4. The first-order chi connectivity index (χ1) is 12.2. The quantitative estimate of drug-likeness (QED) is 0.600. The largest absolute Gasteiger partial charge is 0.324 e. The number of carbonyl (C=O) groups is 1. The highest BCUT2D eigenvalue weighted by Gasteiger charge is 2.18. The summed E-state index contributed by atoms with van der Waals surface area (Å²) in [5.41, 5.74) is 0.584. The van der Waals surface area contributed by atoms with Crippen molar-refractivity contribution < 1.29 is 18.5 Å². The van der Waals surface area contributed by atoms with E-state index >= 15 is 0 Å². The van der Waals surface area contributed by atoms with Crippen LogP contribution in [-0.4, -0.2) is 29.3 Å². The molecule has 2 aromatic rings. The Balaban J connectivity index is 2.02. The van der Waals surface area contributed by atoms with Crippen molar-refractivity contribution in [1.82, 2.24) is 4.90 Å². The van der Waals surface area contributed by atoms with Crippen molar-refractivity contribution >= 4 is 28.9 Å². The van der Waals surface area contributed by atoms with Crippen LogP contribution in [0.3, 0.4) is 0 Å². The molecule has 0 bridgehead atoms. The van der Waals surface area contributed by atoms with Crippen molar-refractivity contribution in [2.24, 2.45) is 0 Å². The van der Waals surface area contributed by atoms with Crippen molar-refractivity contribution in [3.05, 3.63) is 68.7 Å². The van der Waals surface area contributed by atoms with E-state index in [-0.39, 0.29) is 29.0 Å². The van der Waals surface area contributed by atoms with Crippen LogP contribution in [0.25, 0.3) is 0 Å². The molecule has 1 atom stereocenters.